The highest BCUT2D eigenvalue weighted by Gasteiger charge is 2.35. The van der Waals surface area contributed by atoms with Gasteiger partial charge in [-0.2, -0.15) is 4.98 Å². The van der Waals surface area contributed by atoms with Gasteiger partial charge in [0.25, 0.3) is 0 Å². The van der Waals surface area contributed by atoms with Gasteiger partial charge in [0, 0.05) is 22.0 Å². The minimum Gasteiger partial charge on any atom is -0.475 e. The minimum absolute atomic E-state index is 0.273. The molecule has 0 radical (unpaired) electrons. The van der Waals surface area contributed by atoms with Gasteiger partial charge in [-0.25, -0.2) is 0 Å². The molecule has 38 heavy (non-hydrogen) atoms. The molecule has 7 nitrogen and oxygen atoms in total. The van der Waals surface area contributed by atoms with Gasteiger partial charge in [0.15, 0.2) is 7.14 Å². The second kappa shape index (κ2) is 13.2. The molecular weight excluding hydrogens is 569 g/mol. The van der Waals surface area contributed by atoms with Crippen molar-refractivity contribution in [2.24, 2.45) is 0 Å². The third kappa shape index (κ3) is 7.04. The topological polar surface area (TPSA) is 76.1 Å². The number of nitrogens with zero attached hydrogens (tertiary/aromatic N) is 1. The predicted molar refractivity (Wildman–Crippen MR) is 154 cm³/mol. The van der Waals surface area contributed by atoms with Crippen molar-refractivity contribution in [3.8, 4) is 11.8 Å². The Hall–Kier alpha value is -2.22. The summed E-state index contributed by atoms with van der Waals surface area (Å²) in [6.07, 6.45) is 0. The summed E-state index contributed by atoms with van der Waals surface area (Å²) in [5.41, 5.74) is 4.18. The van der Waals surface area contributed by atoms with E-state index < -0.39 is 7.14 Å². The quantitative estimate of drug-likeness (QED) is 0.407. The summed E-state index contributed by atoms with van der Waals surface area (Å²) >= 11 is 3.70. The van der Waals surface area contributed by atoms with Crippen molar-refractivity contribution < 1.29 is 28.2 Å². The van der Waals surface area contributed by atoms with E-state index in [4.69, 9.17) is 23.7 Å². The van der Waals surface area contributed by atoms with E-state index in [1.165, 1.54) is 0 Å². The van der Waals surface area contributed by atoms with Crippen LogP contribution in [0, 0.1) is 27.7 Å². The molecule has 0 aliphatic carbocycles. The number of halogens is 1. The van der Waals surface area contributed by atoms with E-state index in [0.29, 0.717) is 61.2 Å². The largest absolute Gasteiger partial charge is 0.475 e. The van der Waals surface area contributed by atoms with Crippen LogP contribution in [0.3, 0.4) is 0 Å². The molecule has 0 amide bonds. The first-order valence-electron chi connectivity index (χ1n) is 12.7. The first-order chi connectivity index (χ1) is 18.3. The Morgan fingerprint density at radius 2 is 1.05 bits per heavy atom. The number of hydrogen-bond donors (Lipinski definition) is 0. The summed E-state index contributed by atoms with van der Waals surface area (Å²) in [5, 5.41) is 2.07. The Morgan fingerprint density at radius 1 is 0.632 bits per heavy atom. The molecule has 1 aliphatic rings. The SMILES string of the molecule is Cc1cc(C)cc(P(=O)(c2cc(C)cc(C)c2)c2cc3nc(c2Br)OCCOCCOCCOCCO3)c1. The fourth-order valence-corrected chi connectivity index (χ4v) is 8.63. The first kappa shape index (κ1) is 28.8. The molecule has 2 bridgehead atoms. The van der Waals surface area contributed by atoms with E-state index in [2.05, 4.69) is 33.0 Å². The van der Waals surface area contributed by atoms with Crippen LogP contribution in [0.4, 0.5) is 0 Å². The molecule has 0 fully saturated rings. The highest BCUT2D eigenvalue weighted by Crippen LogP contribution is 2.47. The number of benzene rings is 2. The summed E-state index contributed by atoms with van der Waals surface area (Å²) in [6.45, 7) is 11.3. The number of hydrogen-bond acceptors (Lipinski definition) is 7. The van der Waals surface area contributed by atoms with E-state index in [-0.39, 0.29) is 13.2 Å². The van der Waals surface area contributed by atoms with Crippen molar-refractivity contribution in [3.63, 3.8) is 0 Å². The molecule has 9 heteroatoms. The van der Waals surface area contributed by atoms with E-state index in [1.807, 2.05) is 52.0 Å². The van der Waals surface area contributed by atoms with Gasteiger partial charge >= 0.3 is 0 Å². The normalized spacial score (nSPS) is 15.9. The Balaban J connectivity index is 1.87. The molecule has 0 unspecified atom stereocenters. The molecule has 0 N–H and O–H groups in total. The molecule has 2 aromatic carbocycles. The van der Waals surface area contributed by atoms with Crippen LogP contribution in [-0.4, -0.2) is 57.8 Å². The average Bonchev–Trinajstić information content (AvgIpc) is 2.85. The lowest BCUT2D eigenvalue weighted by Gasteiger charge is -2.24. The fraction of sp³-hybridized carbons (Fsp3) is 0.414. The Bertz CT molecular complexity index is 1220. The van der Waals surface area contributed by atoms with Crippen LogP contribution >= 0.6 is 23.1 Å². The standard InChI is InChI=1S/C29H35BrNO6P/c1-20-13-21(2)16-24(15-20)38(32,25-17-22(3)14-23(4)18-25)26-19-27-31-29(28(26)30)37-12-10-35-8-6-33-5-7-34-9-11-36-27/h13-19H,5-12H2,1-4H3. The Labute approximate surface area is 233 Å². The summed E-state index contributed by atoms with van der Waals surface area (Å²) in [5.74, 6) is 0.624. The van der Waals surface area contributed by atoms with E-state index in [9.17, 15) is 0 Å². The predicted octanol–water partition coefficient (Wildman–Crippen LogP) is 4.54. The first-order valence-corrected chi connectivity index (χ1v) is 15.2. The van der Waals surface area contributed by atoms with E-state index in [1.54, 1.807) is 6.07 Å². The summed E-state index contributed by atoms with van der Waals surface area (Å²) in [4.78, 5) is 4.59. The zero-order chi connectivity index (χ0) is 27.1. The van der Waals surface area contributed by atoms with E-state index in [0.717, 1.165) is 32.9 Å². The molecule has 3 aromatic rings. The van der Waals surface area contributed by atoms with Crippen LogP contribution in [0.5, 0.6) is 11.8 Å². The van der Waals surface area contributed by atoms with Crippen molar-refractivity contribution in [3.05, 3.63) is 69.2 Å². The molecule has 1 aliphatic heterocycles. The monoisotopic (exact) mass is 603 g/mol. The second-order valence-corrected chi connectivity index (χ2v) is 13.0. The van der Waals surface area contributed by atoms with Gasteiger partial charge in [-0.05, 0) is 67.9 Å². The molecule has 0 atom stereocenters. The van der Waals surface area contributed by atoms with Crippen molar-refractivity contribution in [1.29, 1.82) is 0 Å². The smallest absolute Gasteiger partial charge is 0.232 e. The van der Waals surface area contributed by atoms with E-state index >= 15 is 4.57 Å². The summed E-state index contributed by atoms with van der Waals surface area (Å²) in [6, 6.07) is 13.9. The van der Waals surface area contributed by atoms with Crippen LogP contribution in [0.2, 0.25) is 0 Å². The van der Waals surface area contributed by atoms with Gasteiger partial charge in [0.2, 0.25) is 11.8 Å². The van der Waals surface area contributed by atoms with Gasteiger partial charge in [-0.1, -0.05) is 34.4 Å². The Kier molecular flexibility index (Phi) is 10.0. The van der Waals surface area contributed by atoms with Gasteiger partial charge in [-0.15, -0.1) is 0 Å². The molecule has 0 saturated carbocycles. The van der Waals surface area contributed by atoms with Gasteiger partial charge < -0.3 is 28.2 Å². The van der Waals surface area contributed by atoms with Gasteiger partial charge in [0.05, 0.1) is 44.1 Å². The van der Waals surface area contributed by atoms with Crippen molar-refractivity contribution >= 4 is 39.0 Å². The van der Waals surface area contributed by atoms with Gasteiger partial charge in [-0.3, -0.25) is 0 Å². The van der Waals surface area contributed by atoms with Crippen LogP contribution in [-0.2, 0) is 18.8 Å². The number of pyridine rings is 1. The molecule has 2 heterocycles. The molecular formula is C29H35BrNO6P. The number of ether oxygens (including phenoxy) is 5. The lowest BCUT2D eigenvalue weighted by molar-refractivity contribution is 0.00347. The average molecular weight is 604 g/mol. The van der Waals surface area contributed by atoms with Crippen LogP contribution in [0.15, 0.2) is 46.9 Å². The number of rotatable bonds is 3. The molecule has 204 valence electrons. The summed E-state index contributed by atoms with van der Waals surface area (Å²) < 4.78 is 44.8. The molecule has 4 rings (SSSR count). The fourth-order valence-electron chi connectivity index (χ4n) is 4.51. The lowest BCUT2D eigenvalue weighted by atomic mass is 10.2. The van der Waals surface area contributed by atoms with Gasteiger partial charge in [0.1, 0.15) is 13.2 Å². The van der Waals surface area contributed by atoms with Crippen molar-refractivity contribution in [2.75, 3.05) is 52.9 Å². The maximum atomic E-state index is 15.5. The molecule has 0 spiro atoms. The Morgan fingerprint density at radius 3 is 1.53 bits per heavy atom. The number of aromatic nitrogens is 1. The van der Waals surface area contributed by atoms with Crippen molar-refractivity contribution in [1.82, 2.24) is 4.98 Å². The van der Waals surface area contributed by atoms with Crippen LogP contribution in [0.1, 0.15) is 22.3 Å². The highest BCUT2D eigenvalue weighted by atomic mass is 79.9. The second-order valence-electron chi connectivity index (χ2n) is 9.43. The highest BCUT2D eigenvalue weighted by molar-refractivity contribution is 9.10. The maximum absolute atomic E-state index is 15.5. The zero-order valence-corrected chi connectivity index (χ0v) is 24.9. The molecule has 0 saturated heterocycles. The van der Waals surface area contributed by atoms with Crippen molar-refractivity contribution in [2.45, 2.75) is 27.7 Å². The number of aryl methyl sites for hydroxylation is 4. The minimum atomic E-state index is -3.39. The third-order valence-corrected chi connectivity index (χ3v) is 10.1. The lowest BCUT2D eigenvalue weighted by Crippen LogP contribution is -2.28. The zero-order valence-electron chi connectivity index (χ0n) is 22.4. The van der Waals surface area contributed by atoms with Crippen LogP contribution < -0.4 is 25.4 Å². The van der Waals surface area contributed by atoms with Crippen LogP contribution in [0.25, 0.3) is 0 Å². The third-order valence-electron chi connectivity index (χ3n) is 6.05. The molecule has 1 aromatic heterocycles. The number of fused-ring (bicyclic) bond motifs is 2. The summed E-state index contributed by atoms with van der Waals surface area (Å²) in [7, 11) is -3.39. The maximum Gasteiger partial charge on any atom is 0.232 e.